The van der Waals surface area contributed by atoms with Gasteiger partial charge in [-0.05, 0) is 55.9 Å². The maximum Gasteiger partial charge on any atom is 0.416 e. The molecule has 1 N–H and O–H groups in total. The van der Waals surface area contributed by atoms with E-state index in [2.05, 4.69) is 5.10 Å². The van der Waals surface area contributed by atoms with E-state index in [9.17, 15) is 23.1 Å². The van der Waals surface area contributed by atoms with Gasteiger partial charge in [0.05, 0.1) is 35.4 Å². The van der Waals surface area contributed by atoms with E-state index >= 15 is 0 Å². The van der Waals surface area contributed by atoms with Gasteiger partial charge in [-0.25, -0.2) is 4.79 Å². The van der Waals surface area contributed by atoms with E-state index < -0.39 is 30.1 Å². The average molecular weight is 512 g/mol. The lowest BCUT2D eigenvalue weighted by Gasteiger charge is -2.46. The third kappa shape index (κ3) is 5.35. The first kappa shape index (κ1) is 25.9. The van der Waals surface area contributed by atoms with E-state index in [-0.39, 0.29) is 23.6 Å². The van der Waals surface area contributed by atoms with Crippen LogP contribution >= 0.6 is 0 Å². The normalized spacial score (nSPS) is 18.6. The van der Waals surface area contributed by atoms with Crippen molar-refractivity contribution in [3.05, 3.63) is 95.0 Å². The summed E-state index contributed by atoms with van der Waals surface area (Å²) >= 11 is 0. The van der Waals surface area contributed by atoms with Crippen molar-refractivity contribution in [1.29, 1.82) is 5.26 Å². The Hall–Kier alpha value is -4.14. The first-order chi connectivity index (χ1) is 17.6. The summed E-state index contributed by atoms with van der Waals surface area (Å²) in [4.78, 5) is 16.1. The van der Waals surface area contributed by atoms with E-state index in [1.165, 1.54) is 21.9 Å². The molecule has 37 heavy (non-hydrogen) atoms. The second kappa shape index (κ2) is 10.5. The minimum atomic E-state index is -4.58. The molecule has 4 rings (SSSR count). The number of nitrogens with zero attached hydrogens (tertiary/aromatic N) is 5. The lowest BCUT2D eigenvalue weighted by atomic mass is 9.92. The first-order valence-electron chi connectivity index (χ1n) is 11.3. The molecule has 0 fully saturated rings. The van der Waals surface area contributed by atoms with Crippen LogP contribution in [0.2, 0.25) is 0 Å². The number of carbonyl (C=O) groups excluding carboxylic acids is 1. The van der Waals surface area contributed by atoms with Crippen LogP contribution in [0.5, 0.6) is 0 Å². The van der Waals surface area contributed by atoms with E-state index in [0.29, 0.717) is 17.7 Å². The van der Waals surface area contributed by atoms with Gasteiger partial charge in [-0.2, -0.15) is 23.5 Å². The van der Waals surface area contributed by atoms with Gasteiger partial charge in [0.1, 0.15) is 6.61 Å². The highest BCUT2D eigenvalue weighted by Gasteiger charge is 2.42. The number of ether oxygens (including phenoxy) is 1. The highest BCUT2D eigenvalue weighted by Crippen LogP contribution is 2.41. The van der Waals surface area contributed by atoms with Crippen LogP contribution in [0.4, 0.5) is 18.9 Å². The van der Waals surface area contributed by atoms with E-state index in [4.69, 9.17) is 10.00 Å². The number of hydrogen-bond acceptors (Lipinski definition) is 7. The molecule has 3 aromatic rings. The molecule has 0 bridgehead atoms. The van der Waals surface area contributed by atoms with Gasteiger partial charge in [-0.15, -0.1) is 0 Å². The number of likely N-dealkylation sites (N-methyl/N-ethyl adjacent to an activating group) is 1. The van der Waals surface area contributed by atoms with Crippen molar-refractivity contribution in [3.8, 4) is 6.07 Å². The minimum absolute atomic E-state index is 0.00715. The van der Waals surface area contributed by atoms with Crippen LogP contribution in [0.3, 0.4) is 0 Å². The maximum atomic E-state index is 13.4. The van der Waals surface area contributed by atoms with Gasteiger partial charge < -0.3 is 14.7 Å². The molecule has 192 valence electrons. The van der Waals surface area contributed by atoms with Crippen LogP contribution in [0.1, 0.15) is 29.7 Å². The first-order valence-corrected chi connectivity index (χ1v) is 11.3. The fraction of sp³-hybridized carbons (Fsp3) is 0.269. The Morgan fingerprint density at radius 2 is 1.92 bits per heavy atom. The molecule has 2 aromatic carbocycles. The van der Waals surface area contributed by atoms with Gasteiger partial charge in [-0.1, -0.05) is 18.2 Å². The lowest BCUT2D eigenvalue weighted by molar-refractivity contribution is -0.141. The number of aliphatic hydroxyl groups excluding tert-OH is 1. The molecule has 0 saturated carbocycles. The number of anilines is 1. The predicted octanol–water partition coefficient (Wildman–Crippen LogP) is 4.06. The largest absolute Gasteiger partial charge is 0.460 e. The lowest BCUT2D eigenvalue weighted by Crippen LogP contribution is -2.53. The smallest absolute Gasteiger partial charge is 0.416 e. The number of rotatable bonds is 6. The second-order valence-corrected chi connectivity index (χ2v) is 8.47. The molecule has 0 radical (unpaired) electrons. The molecule has 8 nitrogen and oxygen atoms in total. The van der Waals surface area contributed by atoms with Gasteiger partial charge in [0, 0.05) is 23.8 Å². The zero-order valence-electron chi connectivity index (χ0n) is 20.1. The van der Waals surface area contributed by atoms with Crippen LogP contribution < -0.4 is 4.90 Å². The van der Waals surface area contributed by atoms with Gasteiger partial charge >= 0.3 is 12.1 Å². The molecular formula is C26H24F3N5O3. The van der Waals surface area contributed by atoms with Crippen LogP contribution in [-0.2, 0) is 22.3 Å². The van der Waals surface area contributed by atoms with Crippen molar-refractivity contribution >= 4 is 11.7 Å². The summed E-state index contributed by atoms with van der Waals surface area (Å²) in [6.07, 6.45) is -2.66. The Bertz CT molecular complexity index is 1330. The van der Waals surface area contributed by atoms with E-state index in [1.54, 1.807) is 61.4 Å². The van der Waals surface area contributed by atoms with Gasteiger partial charge in [0.15, 0.2) is 6.35 Å². The number of alkyl halides is 3. The molecule has 0 amide bonds. The summed E-state index contributed by atoms with van der Waals surface area (Å²) in [6, 6.07) is 14.0. The molecule has 1 aliphatic heterocycles. The third-order valence-electron chi connectivity index (χ3n) is 6.17. The number of aromatic nitrogens is 2. The van der Waals surface area contributed by atoms with Crippen LogP contribution in [0.25, 0.3) is 0 Å². The van der Waals surface area contributed by atoms with Crippen molar-refractivity contribution < 1.29 is 27.8 Å². The molecule has 0 aliphatic carbocycles. The number of allylic oxidation sites excluding steroid dienone is 1. The van der Waals surface area contributed by atoms with E-state index in [1.807, 2.05) is 6.07 Å². The number of benzene rings is 2. The molecule has 0 saturated heterocycles. The van der Waals surface area contributed by atoms with Crippen LogP contribution in [0.15, 0.2) is 78.3 Å². The summed E-state index contributed by atoms with van der Waals surface area (Å²) in [7, 11) is 1.55. The molecule has 0 spiro atoms. The Balaban J connectivity index is 1.77. The summed E-state index contributed by atoms with van der Waals surface area (Å²) in [5, 5.41) is 24.4. The number of carbonyl (C=O) groups is 1. The van der Waals surface area contributed by atoms with Crippen molar-refractivity contribution in [2.45, 2.75) is 32.0 Å². The van der Waals surface area contributed by atoms with E-state index in [0.717, 1.165) is 12.1 Å². The number of aliphatic hydroxyl groups is 1. The standard InChI is InChI=1S/C26H24F3N5O3/c1-17-22(24(35)37-14-13-33-12-4-11-31-33)23(19-9-7-18(16-30)8-10-19)32(2)25(36)34(17)21-6-3-5-20(15-21)26(27,28)29/h3-12,15,23,25,36H,13-14H2,1-2H3. The predicted molar refractivity (Wildman–Crippen MR) is 127 cm³/mol. The van der Waals surface area contributed by atoms with Crippen molar-refractivity contribution in [1.82, 2.24) is 14.7 Å². The number of esters is 1. The third-order valence-corrected chi connectivity index (χ3v) is 6.17. The number of nitriles is 1. The zero-order chi connectivity index (χ0) is 26.7. The Labute approximate surface area is 211 Å². The van der Waals surface area contributed by atoms with Gasteiger partial charge in [0.25, 0.3) is 0 Å². The summed E-state index contributed by atoms with van der Waals surface area (Å²) in [5.41, 5.74) is 0.579. The summed E-state index contributed by atoms with van der Waals surface area (Å²) in [6.45, 7) is 1.87. The average Bonchev–Trinajstić information content (AvgIpc) is 3.39. The van der Waals surface area contributed by atoms with Crippen molar-refractivity contribution in [2.24, 2.45) is 0 Å². The second-order valence-electron chi connectivity index (χ2n) is 8.47. The monoisotopic (exact) mass is 511 g/mol. The topological polar surface area (TPSA) is 94.6 Å². The molecular weight excluding hydrogens is 487 g/mol. The maximum absolute atomic E-state index is 13.4. The van der Waals surface area contributed by atoms with Gasteiger partial charge in [0.2, 0.25) is 0 Å². The van der Waals surface area contributed by atoms with Gasteiger partial charge in [-0.3, -0.25) is 9.58 Å². The number of hydrogen-bond donors (Lipinski definition) is 1. The minimum Gasteiger partial charge on any atom is -0.460 e. The SMILES string of the molecule is CC1=C(C(=O)OCCn2cccn2)C(c2ccc(C#N)cc2)N(C)C(O)N1c1cccc(C(F)(F)F)c1. The van der Waals surface area contributed by atoms with Crippen molar-refractivity contribution in [2.75, 3.05) is 18.6 Å². The molecule has 2 heterocycles. The molecule has 1 aromatic heterocycles. The highest BCUT2D eigenvalue weighted by atomic mass is 19.4. The summed E-state index contributed by atoms with van der Waals surface area (Å²) in [5.74, 6) is -0.685. The Morgan fingerprint density at radius 1 is 1.19 bits per heavy atom. The highest BCUT2D eigenvalue weighted by molar-refractivity contribution is 5.92. The Kier molecular flexibility index (Phi) is 7.33. The molecule has 11 heteroatoms. The van der Waals surface area contributed by atoms with Crippen molar-refractivity contribution in [3.63, 3.8) is 0 Å². The fourth-order valence-electron chi connectivity index (χ4n) is 4.32. The zero-order valence-corrected chi connectivity index (χ0v) is 20.1. The van der Waals surface area contributed by atoms with Crippen LogP contribution in [-0.4, -0.2) is 45.8 Å². The van der Waals surface area contributed by atoms with Crippen LogP contribution in [0, 0.1) is 11.3 Å². The molecule has 1 aliphatic rings. The number of halogens is 3. The Morgan fingerprint density at radius 3 is 2.54 bits per heavy atom. The molecule has 2 atom stereocenters. The molecule has 2 unspecified atom stereocenters. The summed E-state index contributed by atoms with van der Waals surface area (Å²) < 4.78 is 47.4. The quantitative estimate of drug-likeness (QED) is 0.499. The fourth-order valence-corrected chi connectivity index (χ4v) is 4.32.